The lowest BCUT2D eigenvalue weighted by atomic mass is 10.2. The molecule has 2 N–H and O–H groups in total. The summed E-state index contributed by atoms with van der Waals surface area (Å²) in [6.45, 7) is 1.37. The molecule has 1 aromatic heterocycles. The number of hydrogen-bond donors (Lipinski definition) is 2. The van der Waals surface area contributed by atoms with E-state index < -0.39 is 6.04 Å². The summed E-state index contributed by atoms with van der Waals surface area (Å²) in [5, 5.41) is 13.0. The number of aliphatic hydroxyl groups is 1. The van der Waals surface area contributed by atoms with E-state index in [0.717, 1.165) is 0 Å². The quantitative estimate of drug-likeness (QED) is 0.782. The Morgan fingerprint density at radius 3 is 2.79 bits per heavy atom. The highest BCUT2D eigenvalue weighted by molar-refractivity contribution is 7.12. The van der Waals surface area contributed by atoms with Gasteiger partial charge in [-0.3, -0.25) is 9.59 Å². The highest BCUT2D eigenvalue weighted by Crippen LogP contribution is 2.15. The van der Waals surface area contributed by atoms with Crippen LogP contribution in [-0.4, -0.2) is 48.6 Å². The van der Waals surface area contributed by atoms with Crippen molar-refractivity contribution in [3.05, 3.63) is 21.9 Å². The van der Waals surface area contributed by atoms with E-state index in [9.17, 15) is 9.59 Å². The smallest absolute Gasteiger partial charge is 0.263 e. The monoisotopic (exact) mass is 280 g/mol. The van der Waals surface area contributed by atoms with Gasteiger partial charge in [-0.25, -0.2) is 0 Å². The van der Waals surface area contributed by atoms with E-state index in [1.165, 1.54) is 16.2 Å². The van der Waals surface area contributed by atoms with Crippen molar-refractivity contribution in [1.82, 2.24) is 10.2 Å². The number of aliphatic hydroxyl groups excluding tert-OH is 1. The van der Waals surface area contributed by atoms with Crippen LogP contribution in [-0.2, 0) is 4.79 Å². The first kappa shape index (κ1) is 15.2. The number of thiophene rings is 1. The Balaban J connectivity index is 2.79. The predicted molar refractivity (Wildman–Crippen MR) is 73.9 cm³/mol. The maximum absolute atomic E-state index is 12.0. The molecule has 0 saturated carbocycles. The number of nitrogens with one attached hydrogen (secondary N) is 1. The van der Waals surface area contributed by atoms with Gasteiger partial charge in [0.1, 0.15) is 17.5 Å². The Morgan fingerprint density at radius 1 is 1.53 bits per heavy atom. The summed E-state index contributed by atoms with van der Waals surface area (Å²) in [5.74, 6) is 4.69. The molecular weight excluding hydrogens is 264 g/mol. The minimum absolute atomic E-state index is 0.173. The van der Waals surface area contributed by atoms with Crippen LogP contribution in [0.4, 0.5) is 0 Å². The Labute approximate surface area is 116 Å². The summed E-state index contributed by atoms with van der Waals surface area (Å²) >= 11 is 1.25. The molecule has 0 spiro atoms. The third-order valence-electron chi connectivity index (χ3n) is 2.33. The predicted octanol–water partition coefficient (Wildman–Crippen LogP) is 0.298. The first-order valence-electron chi connectivity index (χ1n) is 5.66. The molecule has 0 bridgehead atoms. The van der Waals surface area contributed by atoms with Gasteiger partial charge >= 0.3 is 0 Å². The molecular formula is C13H16N2O3S. The number of amides is 2. The third-order valence-corrected chi connectivity index (χ3v) is 3.25. The maximum Gasteiger partial charge on any atom is 0.263 e. The van der Waals surface area contributed by atoms with Crippen molar-refractivity contribution in [2.75, 3.05) is 20.7 Å². The van der Waals surface area contributed by atoms with Crippen molar-refractivity contribution in [1.29, 1.82) is 0 Å². The van der Waals surface area contributed by atoms with Crippen LogP contribution < -0.4 is 5.32 Å². The zero-order valence-corrected chi connectivity index (χ0v) is 11.9. The molecule has 0 aromatic carbocycles. The van der Waals surface area contributed by atoms with Crippen LogP contribution in [0.1, 0.15) is 22.2 Å². The summed E-state index contributed by atoms with van der Waals surface area (Å²) in [4.78, 5) is 25.6. The highest BCUT2D eigenvalue weighted by Gasteiger charge is 2.20. The first-order valence-corrected chi connectivity index (χ1v) is 6.54. The van der Waals surface area contributed by atoms with Crippen LogP contribution in [0.15, 0.2) is 11.4 Å². The molecule has 0 aliphatic carbocycles. The average Bonchev–Trinajstić information content (AvgIpc) is 2.83. The molecule has 1 unspecified atom stereocenters. The molecule has 0 radical (unpaired) electrons. The normalized spacial score (nSPS) is 11.2. The number of carbonyl (C=O) groups excluding carboxylic acids is 2. The number of hydrogen-bond acceptors (Lipinski definition) is 4. The molecule has 1 atom stereocenters. The summed E-state index contributed by atoms with van der Waals surface area (Å²) in [7, 11) is 3.27. The standard InChI is InChI=1S/C13H16N2O3S/c1-9(13(18)15(2)3)14-12(17)11-10(5-4-7-16)6-8-19-11/h6,8-9,16H,7H2,1-3H3,(H,14,17). The second-order valence-electron chi connectivity index (χ2n) is 4.05. The van der Waals surface area contributed by atoms with Crippen LogP contribution in [0.25, 0.3) is 0 Å². The van der Waals surface area contributed by atoms with E-state index in [0.29, 0.717) is 10.4 Å². The summed E-state index contributed by atoms with van der Waals surface area (Å²) in [6.07, 6.45) is 0. The van der Waals surface area contributed by atoms with Crippen LogP contribution in [0, 0.1) is 11.8 Å². The van der Waals surface area contributed by atoms with Gasteiger partial charge in [0.15, 0.2) is 0 Å². The fourth-order valence-corrected chi connectivity index (χ4v) is 2.18. The van der Waals surface area contributed by atoms with Crippen LogP contribution in [0.2, 0.25) is 0 Å². The van der Waals surface area contributed by atoms with Gasteiger partial charge in [0.2, 0.25) is 5.91 Å². The van der Waals surface area contributed by atoms with Crippen molar-refractivity contribution in [3.63, 3.8) is 0 Å². The minimum atomic E-state index is -0.594. The van der Waals surface area contributed by atoms with Crippen molar-refractivity contribution in [3.8, 4) is 11.8 Å². The third kappa shape index (κ3) is 4.09. The summed E-state index contributed by atoms with van der Waals surface area (Å²) in [6, 6.07) is 1.11. The average molecular weight is 280 g/mol. The van der Waals surface area contributed by atoms with Crippen molar-refractivity contribution < 1.29 is 14.7 Å². The highest BCUT2D eigenvalue weighted by atomic mass is 32.1. The number of likely N-dealkylation sites (N-methyl/N-ethyl adjacent to an activating group) is 1. The molecule has 19 heavy (non-hydrogen) atoms. The Hall–Kier alpha value is -1.84. The van der Waals surface area contributed by atoms with Gasteiger partial charge in [0.05, 0.1) is 0 Å². The van der Waals surface area contributed by atoms with Gasteiger partial charge in [0.25, 0.3) is 5.91 Å². The zero-order chi connectivity index (χ0) is 14.4. The molecule has 102 valence electrons. The summed E-state index contributed by atoms with van der Waals surface area (Å²) < 4.78 is 0. The SMILES string of the molecule is CC(NC(=O)c1sccc1C#CCO)C(=O)N(C)C. The molecule has 0 aliphatic heterocycles. The lowest BCUT2D eigenvalue weighted by molar-refractivity contribution is -0.130. The van der Waals surface area contributed by atoms with Gasteiger partial charge in [-0.2, -0.15) is 0 Å². The molecule has 0 fully saturated rings. The molecule has 2 amide bonds. The summed E-state index contributed by atoms with van der Waals surface area (Å²) in [5.41, 5.74) is 0.557. The fourth-order valence-electron chi connectivity index (χ4n) is 1.43. The van der Waals surface area contributed by atoms with Crippen LogP contribution in [0.5, 0.6) is 0 Å². The molecule has 6 heteroatoms. The van der Waals surface area contributed by atoms with Gasteiger partial charge in [-0.15, -0.1) is 11.3 Å². The maximum atomic E-state index is 12.0. The van der Waals surface area contributed by atoms with Gasteiger partial charge in [-0.1, -0.05) is 11.8 Å². The molecule has 1 aromatic rings. The second kappa shape index (κ2) is 6.92. The number of nitrogens with zero attached hydrogens (tertiary/aromatic N) is 1. The van der Waals surface area contributed by atoms with Crippen molar-refractivity contribution in [2.45, 2.75) is 13.0 Å². The Morgan fingerprint density at radius 2 is 2.21 bits per heavy atom. The van der Waals surface area contributed by atoms with E-state index in [1.807, 2.05) is 0 Å². The zero-order valence-electron chi connectivity index (χ0n) is 11.1. The van der Waals surface area contributed by atoms with Gasteiger partial charge in [0, 0.05) is 19.7 Å². The van der Waals surface area contributed by atoms with E-state index in [4.69, 9.17) is 5.11 Å². The molecule has 0 saturated heterocycles. The van der Waals surface area contributed by atoms with Crippen LogP contribution >= 0.6 is 11.3 Å². The minimum Gasteiger partial charge on any atom is -0.384 e. The molecule has 5 nitrogen and oxygen atoms in total. The Kier molecular flexibility index (Phi) is 5.55. The second-order valence-corrected chi connectivity index (χ2v) is 4.97. The van der Waals surface area contributed by atoms with E-state index in [1.54, 1.807) is 32.5 Å². The largest absolute Gasteiger partial charge is 0.384 e. The molecule has 1 rings (SSSR count). The first-order chi connectivity index (χ1) is 8.97. The lowest BCUT2D eigenvalue weighted by Crippen LogP contribution is -2.44. The van der Waals surface area contributed by atoms with Gasteiger partial charge in [-0.05, 0) is 18.4 Å². The van der Waals surface area contributed by atoms with Gasteiger partial charge < -0.3 is 15.3 Å². The van der Waals surface area contributed by atoms with E-state index in [-0.39, 0.29) is 18.4 Å². The van der Waals surface area contributed by atoms with Crippen LogP contribution in [0.3, 0.4) is 0 Å². The van der Waals surface area contributed by atoms with Crippen molar-refractivity contribution >= 4 is 23.2 Å². The number of carbonyl (C=O) groups is 2. The lowest BCUT2D eigenvalue weighted by Gasteiger charge is -2.17. The van der Waals surface area contributed by atoms with Crippen molar-refractivity contribution in [2.24, 2.45) is 0 Å². The number of rotatable bonds is 3. The topological polar surface area (TPSA) is 69.6 Å². The van der Waals surface area contributed by atoms with E-state index >= 15 is 0 Å². The fraction of sp³-hybridized carbons (Fsp3) is 0.385. The van der Waals surface area contributed by atoms with E-state index in [2.05, 4.69) is 17.2 Å². The molecule has 0 aliphatic rings. The Bertz CT molecular complexity index is 525. The molecule has 1 heterocycles.